The normalized spacial score (nSPS) is 21.7. The Morgan fingerprint density at radius 3 is 2.64 bits per heavy atom. The van der Waals surface area contributed by atoms with Gasteiger partial charge in [0, 0.05) is 23.2 Å². The third-order valence-corrected chi connectivity index (χ3v) is 4.53. The second kappa shape index (κ2) is 5.87. The number of carbonyl (C=O) groups excluding carboxylic acids is 1. The van der Waals surface area contributed by atoms with Gasteiger partial charge >= 0.3 is 5.97 Å². The smallest absolute Gasteiger partial charge is 0.308 e. The topological polar surface area (TPSA) is 85.2 Å². The number of aromatic nitrogens is 3. The summed E-state index contributed by atoms with van der Waals surface area (Å²) in [4.78, 5) is 16.1. The average Bonchev–Trinajstić information content (AvgIpc) is 2.57. The number of aromatic hydroxyl groups is 1. The van der Waals surface area contributed by atoms with E-state index in [2.05, 4.69) is 15.2 Å². The van der Waals surface area contributed by atoms with E-state index in [1.54, 1.807) is 6.20 Å². The number of hydrogen-bond donors (Lipinski definition) is 1. The lowest BCUT2D eigenvalue weighted by Crippen LogP contribution is -2.22. The van der Waals surface area contributed by atoms with E-state index < -0.39 is 0 Å². The lowest BCUT2D eigenvalue weighted by molar-refractivity contribution is -0.146. The highest BCUT2D eigenvalue weighted by Gasteiger charge is 2.28. The molecule has 0 saturated heterocycles. The van der Waals surface area contributed by atoms with E-state index in [4.69, 9.17) is 4.74 Å². The molecular weight excluding hydrogens is 282 g/mol. The van der Waals surface area contributed by atoms with Crippen LogP contribution in [0.1, 0.15) is 43.0 Å². The number of carbonyl (C=O) groups is 1. The number of ether oxygens (including phenoxy) is 1. The number of rotatable bonds is 2. The Morgan fingerprint density at radius 2 is 1.95 bits per heavy atom. The van der Waals surface area contributed by atoms with Crippen molar-refractivity contribution >= 4 is 16.7 Å². The van der Waals surface area contributed by atoms with E-state index in [0.717, 1.165) is 42.5 Å². The molecule has 6 heteroatoms. The highest BCUT2D eigenvalue weighted by atomic mass is 16.5. The Labute approximate surface area is 128 Å². The molecule has 0 amide bonds. The molecule has 1 saturated carbocycles. The molecule has 0 aliphatic heterocycles. The molecule has 0 aromatic carbocycles. The Bertz CT molecular complexity index is 709. The summed E-state index contributed by atoms with van der Waals surface area (Å²) < 4.78 is 4.81. The molecule has 22 heavy (non-hydrogen) atoms. The molecule has 0 radical (unpaired) electrons. The summed E-state index contributed by atoms with van der Waals surface area (Å²) in [6.07, 6.45) is 5.18. The second-order valence-electron chi connectivity index (χ2n) is 5.84. The number of fused-ring (bicyclic) bond motifs is 1. The number of pyridine rings is 1. The van der Waals surface area contributed by atoms with Crippen molar-refractivity contribution in [1.29, 1.82) is 0 Å². The maximum atomic E-state index is 11.6. The zero-order valence-electron chi connectivity index (χ0n) is 12.7. The van der Waals surface area contributed by atoms with Crippen molar-refractivity contribution in [2.45, 2.75) is 38.5 Å². The van der Waals surface area contributed by atoms with E-state index in [1.165, 1.54) is 7.11 Å². The summed E-state index contributed by atoms with van der Waals surface area (Å²) in [5, 5.41) is 19.1. The van der Waals surface area contributed by atoms with Crippen molar-refractivity contribution in [3.8, 4) is 5.88 Å². The van der Waals surface area contributed by atoms with Crippen LogP contribution in [0.2, 0.25) is 0 Å². The largest absolute Gasteiger partial charge is 0.492 e. The van der Waals surface area contributed by atoms with Crippen molar-refractivity contribution in [3.05, 3.63) is 23.7 Å². The third-order valence-electron chi connectivity index (χ3n) is 4.53. The Hall–Kier alpha value is -2.24. The van der Waals surface area contributed by atoms with E-state index in [9.17, 15) is 9.90 Å². The lowest BCUT2D eigenvalue weighted by Gasteiger charge is -2.26. The Balaban J connectivity index is 1.83. The Morgan fingerprint density at radius 1 is 1.23 bits per heavy atom. The highest BCUT2D eigenvalue weighted by molar-refractivity contribution is 5.87. The van der Waals surface area contributed by atoms with Gasteiger partial charge < -0.3 is 9.84 Å². The van der Waals surface area contributed by atoms with Crippen molar-refractivity contribution in [2.24, 2.45) is 5.92 Å². The summed E-state index contributed by atoms with van der Waals surface area (Å²) in [5.74, 6) is 0.127. The minimum atomic E-state index is -0.117. The van der Waals surface area contributed by atoms with Gasteiger partial charge in [0.25, 0.3) is 0 Å². The van der Waals surface area contributed by atoms with Crippen LogP contribution in [0.25, 0.3) is 10.8 Å². The van der Waals surface area contributed by atoms with Crippen LogP contribution in [0.5, 0.6) is 5.88 Å². The van der Waals surface area contributed by atoms with Crippen LogP contribution < -0.4 is 0 Å². The quantitative estimate of drug-likeness (QED) is 0.858. The zero-order valence-corrected chi connectivity index (χ0v) is 12.7. The standard InChI is InChI=1S/C16H19N3O3/c1-9-13-8-17-14(7-12(13)15(20)19-18-9)10-3-5-11(6-4-10)16(21)22-2/h7-8,10-11H,3-6H2,1-2H3,(H,19,20). The number of esters is 1. The van der Waals surface area contributed by atoms with Crippen LogP contribution in [0.4, 0.5) is 0 Å². The molecule has 2 aromatic heterocycles. The molecule has 0 bridgehead atoms. The highest BCUT2D eigenvalue weighted by Crippen LogP contribution is 2.37. The number of nitrogens with zero attached hydrogens (tertiary/aromatic N) is 3. The molecular formula is C16H19N3O3. The molecule has 2 aromatic rings. The molecule has 2 heterocycles. The van der Waals surface area contributed by atoms with E-state index in [-0.39, 0.29) is 17.8 Å². The van der Waals surface area contributed by atoms with Crippen LogP contribution >= 0.6 is 0 Å². The molecule has 0 atom stereocenters. The summed E-state index contributed by atoms with van der Waals surface area (Å²) in [7, 11) is 1.44. The van der Waals surface area contributed by atoms with E-state index in [0.29, 0.717) is 11.3 Å². The molecule has 116 valence electrons. The predicted octanol–water partition coefficient (Wildman–Crippen LogP) is 2.49. The minimum Gasteiger partial charge on any atom is -0.492 e. The molecule has 1 N–H and O–H groups in total. The SMILES string of the molecule is COC(=O)C1CCC(c2cc3c(O)nnc(C)c3cn2)CC1. The van der Waals surface area contributed by atoms with Gasteiger partial charge in [0.15, 0.2) is 0 Å². The van der Waals surface area contributed by atoms with Crippen LogP contribution in [0, 0.1) is 12.8 Å². The predicted molar refractivity (Wildman–Crippen MR) is 80.4 cm³/mol. The number of methoxy groups -OCH3 is 1. The van der Waals surface area contributed by atoms with Crippen LogP contribution in [0.15, 0.2) is 12.3 Å². The van der Waals surface area contributed by atoms with Crippen molar-refractivity contribution in [1.82, 2.24) is 15.2 Å². The fourth-order valence-electron chi connectivity index (χ4n) is 3.19. The van der Waals surface area contributed by atoms with E-state index in [1.807, 2.05) is 13.0 Å². The average molecular weight is 301 g/mol. The van der Waals surface area contributed by atoms with Crippen molar-refractivity contribution in [3.63, 3.8) is 0 Å². The Kier molecular flexibility index (Phi) is 3.92. The first-order valence-electron chi connectivity index (χ1n) is 7.50. The molecule has 1 aliphatic carbocycles. The van der Waals surface area contributed by atoms with Crippen molar-refractivity contribution < 1.29 is 14.6 Å². The van der Waals surface area contributed by atoms with Gasteiger partial charge in [-0.1, -0.05) is 0 Å². The number of hydrogen-bond acceptors (Lipinski definition) is 6. The molecule has 1 fully saturated rings. The van der Waals surface area contributed by atoms with Gasteiger partial charge in [-0.2, -0.15) is 5.10 Å². The second-order valence-corrected chi connectivity index (χ2v) is 5.84. The van der Waals surface area contributed by atoms with Crippen LogP contribution in [0.3, 0.4) is 0 Å². The van der Waals surface area contributed by atoms with Gasteiger partial charge in [0.1, 0.15) is 0 Å². The van der Waals surface area contributed by atoms with Gasteiger partial charge in [-0.05, 0) is 38.7 Å². The van der Waals surface area contributed by atoms with Gasteiger partial charge in [-0.25, -0.2) is 0 Å². The zero-order chi connectivity index (χ0) is 15.7. The maximum Gasteiger partial charge on any atom is 0.308 e. The summed E-state index contributed by atoms with van der Waals surface area (Å²) >= 11 is 0. The van der Waals surface area contributed by atoms with Gasteiger partial charge in [-0.3, -0.25) is 9.78 Å². The van der Waals surface area contributed by atoms with Gasteiger partial charge in [-0.15, -0.1) is 5.10 Å². The maximum absolute atomic E-state index is 11.6. The molecule has 3 rings (SSSR count). The fraction of sp³-hybridized carbons (Fsp3) is 0.500. The monoisotopic (exact) mass is 301 g/mol. The lowest BCUT2D eigenvalue weighted by atomic mass is 9.80. The summed E-state index contributed by atoms with van der Waals surface area (Å²) in [6, 6.07) is 1.90. The van der Waals surface area contributed by atoms with Crippen LogP contribution in [-0.2, 0) is 9.53 Å². The molecule has 1 aliphatic rings. The summed E-state index contributed by atoms with van der Waals surface area (Å²) in [5.41, 5.74) is 1.69. The molecule has 0 unspecified atom stereocenters. The number of aryl methyl sites for hydroxylation is 1. The summed E-state index contributed by atoms with van der Waals surface area (Å²) in [6.45, 7) is 1.84. The first-order chi connectivity index (χ1) is 10.6. The first-order valence-corrected chi connectivity index (χ1v) is 7.50. The minimum absolute atomic E-state index is 0.00298. The molecule has 0 spiro atoms. The third kappa shape index (κ3) is 2.61. The fourth-order valence-corrected chi connectivity index (χ4v) is 3.19. The van der Waals surface area contributed by atoms with Gasteiger partial charge in [0.2, 0.25) is 5.88 Å². The first kappa shape index (κ1) is 14.7. The van der Waals surface area contributed by atoms with Crippen LogP contribution in [-0.4, -0.2) is 33.4 Å². The van der Waals surface area contributed by atoms with Crippen molar-refractivity contribution in [2.75, 3.05) is 7.11 Å². The van der Waals surface area contributed by atoms with E-state index >= 15 is 0 Å². The molecule has 6 nitrogen and oxygen atoms in total. The van der Waals surface area contributed by atoms with Gasteiger partial charge in [0.05, 0.1) is 24.1 Å².